The van der Waals surface area contributed by atoms with E-state index in [-0.39, 0.29) is 0 Å². The quantitative estimate of drug-likeness (QED) is 0.668. The van der Waals surface area contributed by atoms with Crippen LogP contribution in [0.15, 0.2) is 73.8 Å². The summed E-state index contributed by atoms with van der Waals surface area (Å²) < 4.78 is 33.4. The summed E-state index contributed by atoms with van der Waals surface area (Å²) in [7, 11) is 0. The van der Waals surface area contributed by atoms with Crippen LogP contribution in [0.25, 0.3) is 0 Å². The van der Waals surface area contributed by atoms with E-state index in [0.29, 0.717) is 11.1 Å². The van der Waals surface area contributed by atoms with Gasteiger partial charge in [-0.05, 0) is 12.1 Å². The molecule has 0 amide bonds. The molecule has 21 heavy (non-hydrogen) atoms. The van der Waals surface area contributed by atoms with Crippen molar-refractivity contribution in [2.45, 2.75) is 12.2 Å². The van der Waals surface area contributed by atoms with Gasteiger partial charge in [-0.15, -0.1) is 13.2 Å². The third-order valence-electron chi connectivity index (χ3n) is 3.14. The van der Waals surface area contributed by atoms with E-state index in [4.69, 9.17) is 4.74 Å². The first-order valence-electron chi connectivity index (χ1n) is 6.56. The minimum absolute atomic E-state index is 0.357. The summed E-state index contributed by atoms with van der Waals surface area (Å²) in [5.74, 6) is -0.780. The maximum Gasteiger partial charge on any atom is 0.129 e. The van der Waals surface area contributed by atoms with Crippen LogP contribution >= 0.6 is 0 Å². The molecular weight excluding hydrogens is 270 g/mol. The highest BCUT2D eigenvalue weighted by atomic mass is 19.1. The van der Waals surface area contributed by atoms with Gasteiger partial charge in [-0.2, -0.15) is 0 Å². The molecule has 3 heteroatoms. The van der Waals surface area contributed by atoms with E-state index < -0.39 is 23.8 Å². The molecule has 0 aromatic heterocycles. The van der Waals surface area contributed by atoms with Crippen LogP contribution < -0.4 is 0 Å². The maximum atomic E-state index is 13.8. The van der Waals surface area contributed by atoms with Crippen LogP contribution in [0, 0.1) is 11.6 Å². The highest BCUT2D eigenvalue weighted by molar-refractivity contribution is 5.26. The Balaban J connectivity index is 2.29. The predicted octanol–water partition coefficient (Wildman–Crippen LogP) is 5.14. The third kappa shape index (κ3) is 3.44. The number of hydrogen-bond donors (Lipinski definition) is 0. The molecule has 0 N–H and O–H groups in total. The molecule has 0 fully saturated rings. The summed E-state index contributed by atoms with van der Waals surface area (Å²) in [5, 5.41) is 0. The van der Waals surface area contributed by atoms with E-state index in [1.807, 2.05) is 0 Å². The smallest absolute Gasteiger partial charge is 0.129 e. The van der Waals surface area contributed by atoms with Gasteiger partial charge in [0.15, 0.2) is 0 Å². The summed E-state index contributed by atoms with van der Waals surface area (Å²) in [4.78, 5) is 0. The van der Waals surface area contributed by atoms with Crippen molar-refractivity contribution in [1.29, 1.82) is 0 Å². The lowest BCUT2D eigenvalue weighted by Gasteiger charge is -2.21. The van der Waals surface area contributed by atoms with Crippen LogP contribution in [0.5, 0.6) is 0 Å². The number of halogens is 2. The zero-order valence-corrected chi connectivity index (χ0v) is 11.5. The summed E-state index contributed by atoms with van der Waals surface area (Å²) in [6.45, 7) is 7.32. The fourth-order valence-corrected chi connectivity index (χ4v) is 2.08. The Morgan fingerprint density at radius 3 is 1.48 bits per heavy atom. The topological polar surface area (TPSA) is 9.23 Å². The average molecular weight is 286 g/mol. The number of ether oxygens (including phenoxy) is 1. The van der Waals surface area contributed by atoms with Crippen LogP contribution in [0.1, 0.15) is 23.3 Å². The molecule has 0 aliphatic heterocycles. The van der Waals surface area contributed by atoms with E-state index in [1.54, 1.807) is 36.4 Å². The van der Waals surface area contributed by atoms with Gasteiger partial charge in [0.2, 0.25) is 0 Å². The summed E-state index contributed by atoms with van der Waals surface area (Å²) in [6.07, 6.45) is 1.59. The zero-order valence-electron chi connectivity index (χ0n) is 11.5. The van der Waals surface area contributed by atoms with Crippen LogP contribution in [0.4, 0.5) is 8.78 Å². The highest BCUT2D eigenvalue weighted by Gasteiger charge is 2.19. The minimum atomic E-state index is -0.686. The molecule has 0 aliphatic rings. The summed E-state index contributed by atoms with van der Waals surface area (Å²) in [5.41, 5.74) is 0.714. The molecule has 0 radical (unpaired) electrons. The molecule has 2 aromatic carbocycles. The molecular formula is C18H16F2O. The van der Waals surface area contributed by atoms with Gasteiger partial charge in [-0.25, -0.2) is 8.78 Å². The third-order valence-corrected chi connectivity index (χ3v) is 3.14. The molecule has 0 spiro atoms. The van der Waals surface area contributed by atoms with Crippen molar-refractivity contribution in [2.75, 3.05) is 0 Å². The molecule has 2 unspecified atom stereocenters. The Kier molecular flexibility index (Phi) is 5.01. The first kappa shape index (κ1) is 15.1. The fourth-order valence-electron chi connectivity index (χ4n) is 2.08. The van der Waals surface area contributed by atoms with E-state index >= 15 is 0 Å². The monoisotopic (exact) mass is 286 g/mol. The molecule has 2 aromatic rings. The molecule has 108 valence electrons. The summed E-state index contributed by atoms with van der Waals surface area (Å²) >= 11 is 0. The Hall–Kier alpha value is -2.26. The van der Waals surface area contributed by atoms with Crippen LogP contribution in [-0.2, 0) is 4.74 Å². The van der Waals surface area contributed by atoms with Gasteiger partial charge in [-0.1, -0.05) is 48.6 Å². The zero-order chi connectivity index (χ0) is 15.2. The van der Waals surface area contributed by atoms with E-state index in [2.05, 4.69) is 13.2 Å². The standard InChI is InChI=1S/C18H16F2O/c1-3-17(13-9-5-7-11-15(13)19)21-18(4-2)14-10-6-8-12-16(14)20/h3-12,17-18H,1-2H2. The van der Waals surface area contributed by atoms with Gasteiger partial charge in [0.05, 0.1) is 0 Å². The minimum Gasteiger partial charge on any atom is -0.357 e. The molecule has 0 aliphatic carbocycles. The van der Waals surface area contributed by atoms with Crippen LogP contribution in [0.2, 0.25) is 0 Å². The number of rotatable bonds is 6. The largest absolute Gasteiger partial charge is 0.357 e. The molecule has 0 bridgehead atoms. The second kappa shape index (κ2) is 6.95. The first-order valence-corrected chi connectivity index (χ1v) is 6.56. The Labute approximate surface area is 123 Å². The first-order chi connectivity index (χ1) is 10.2. The van der Waals surface area contributed by atoms with E-state index in [0.717, 1.165) is 0 Å². The molecule has 2 rings (SSSR count). The van der Waals surface area contributed by atoms with Crippen LogP contribution in [0.3, 0.4) is 0 Å². The normalized spacial score (nSPS) is 13.4. The summed E-state index contributed by atoms with van der Waals surface area (Å²) in [6, 6.07) is 12.5. The SMILES string of the molecule is C=CC(OC(C=C)c1ccccc1F)c1ccccc1F. The second-order valence-electron chi connectivity index (χ2n) is 4.49. The van der Waals surface area contributed by atoms with Gasteiger partial charge in [0, 0.05) is 11.1 Å². The molecule has 0 saturated carbocycles. The Morgan fingerprint density at radius 2 is 1.14 bits per heavy atom. The van der Waals surface area contributed by atoms with E-state index in [1.165, 1.54) is 24.3 Å². The van der Waals surface area contributed by atoms with E-state index in [9.17, 15) is 8.78 Å². The predicted molar refractivity (Wildman–Crippen MR) is 79.8 cm³/mol. The number of benzene rings is 2. The van der Waals surface area contributed by atoms with Crippen molar-refractivity contribution in [3.63, 3.8) is 0 Å². The molecule has 1 nitrogen and oxygen atoms in total. The maximum absolute atomic E-state index is 13.8. The van der Waals surface area contributed by atoms with Crippen LogP contribution in [-0.4, -0.2) is 0 Å². The lowest BCUT2D eigenvalue weighted by molar-refractivity contribution is 0.0364. The van der Waals surface area contributed by atoms with Crippen molar-refractivity contribution in [3.8, 4) is 0 Å². The Morgan fingerprint density at radius 1 is 0.762 bits per heavy atom. The van der Waals surface area contributed by atoms with Gasteiger partial charge >= 0.3 is 0 Å². The Bertz CT molecular complexity index is 581. The van der Waals surface area contributed by atoms with Crippen molar-refractivity contribution < 1.29 is 13.5 Å². The fraction of sp³-hybridized carbons (Fsp3) is 0.111. The lowest BCUT2D eigenvalue weighted by atomic mass is 10.1. The van der Waals surface area contributed by atoms with Gasteiger partial charge in [0.25, 0.3) is 0 Å². The van der Waals surface area contributed by atoms with Crippen molar-refractivity contribution in [2.24, 2.45) is 0 Å². The second-order valence-corrected chi connectivity index (χ2v) is 4.49. The van der Waals surface area contributed by atoms with Crippen molar-refractivity contribution in [3.05, 3.63) is 96.6 Å². The number of hydrogen-bond acceptors (Lipinski definition) is 1. The molecule has 2 atom stereocenters. The lowest BCUT2D eigenvalue weighted by Crippen LogP contribution is -2.09. The van der Waals surface area contributed by atoms with Gasteiger partial charge < -0.3 is 4.74 Å². The van der Waals surface area contributed by atoms with Crippen molar-refractivity contribution in [1.82, 2.24) is 0 Å². The highest BCUT2D eigenvalue weighted by Crippen LogP contribution is 2.30. The average Bonchev–Trinajstić information content (AvgIpc) is 2.51. The van der Waals surface area contributed by atoms with Gasteiger partial charge in [-0.3, -0.25) is 0 Å². The van der Waals surface area contributed by atoms with Crippen molar-refractivity contribution >= 4 is 0 Å². The van der Waals surface area contributed by atoms with Gasteiger partial charge in [0.1, 0.15) is 23.8 Å². The molecule has 0 saturated heterocycles. The molecule has 0 heterocycles.